The molecule has 13 heavy (non-hydrogen) atoms. The number of aliphatic hydroxyl groups excluding tert-OH is 1. The maximum atomic E-state index is 9.19. The van der Waals surface area contributed by atoms with Gasteiger partial charge in [-0.1, -0.05) is 0 Å². The van der Waals surface area contributed by atoms with Crippen LogP contribution in [-0.2, 0) is 6.61 Å². The molecule has 0 bridgehead atoms. The zero-order valence-electron chi connectivity index (χ0n) is 7.79. The molecule has 0 fully saturated rings. The van der Waals surface area contributed by atoms with E-state index in [-0.39, 0.29) is 6.61 Å². The molecule has 0 saturated heterocycles. The van der Waals surface area contributed by atoms with Crippen LogP contribution in [0.5, 0.6) is 0 Å². The fraction of sp³-hybridized carbons (Fsp3) is 0.273. The molecular weight excluding hydrogens is 164 g/mol. The van der Waals surface area contributed by atoms with E-state index < -0.39 is 0 Å². The third-order valence-corrected chi connectivity index (χ3v) is 2.61. The van der Waals surface area contributed by atoms with Crippen molar-refractivity contribution in [1.82, 2.24) is 0 Å². The van der Waals surface area contributed by atoms with Crippen molar-refractivity contribution in [1.29, 1.82) is 0 Å². The highest BCUT2D eigenvalue weighted by Crippen LogP contribution is 2.35. The van der Waals surface area contributed by atoms with E-state index in [1.54, 1.807) is 6.26 Å². The monoisotopic (exact) mass is 176 g/mol. The van der Waals surface area contributed by atoms with Gasteiger partial charge in [0.05, 0.1) is 12.9 Å². The Bertz CT molecular complexity index is 401. The summed E-state index contributed by atoms with van der Waals surface area (Å²) in [6.07, 6.45) is 1.66. The van der Waals surface area contributed by atoms with Gasteiger partial charge in [0.2, 0.25) is 0 Å². The molecule has 68 valence electrons. The van der Waals surface area contributed by atoms with Gasteiger partial charge in [0.1, 0.15) is 5.76 Å². The summed E-state index contributed by atoms with van der Waals surface area (Å²) in [5.41, 5.74) is 4.27. The summed E-state index contributed by atoms with van der Waals surface area (Å²) in [6, 6.07) is 3.82. The minimum absolute atomic E-state index is 0.0791. The fourth-order valence-electron chi connectivity index (χ4n) is 1.71. The Hall–Kier alpha value is -1.28. The van der Waals surface area contributed by atoms with Crippen LogP contribution in [0.3, 0.4) is 0 Å². The third kappa shape index (κ3) is 1.06. The van der Waals surface area contributed by atoms with Crippen LogP contribution in [0.2, 0.25) is 0 Å². The quantitative estimate of drug-likeness (QED) is 0.724. The van der Waals surface area contributed by atoms with Crippen molar-refractivity contribution in [2.24, 2.45) is 0 Å². The van der Waals surface area contributed by atoms with E-state index in [0.29, 0.717) is 0 Å². The van der Waals surface area contributed by atoms with Gasteiger partial charge >= 0.3 is 0 Å². The van der Waals surface area contributed by atoms with Crippen LogP contribution in [0.1, 0.15) is 16.7 Å². The second kappa shape index (κ2) is 2.89. The molecule has 1 aliphatic carbocycles. The highest BCUT2D eigenvalue weighted by atomic mass is 16.3. The average molecular weight is 176 g/mol. The highest BCUT2D eigenvalue weighted by Gasteiger charge is 2.18. The molecule has 2 nitrogen and oxygen atoms in total. The van der Waals surface area contributed by atoms with Crippen LogP contribution in [0.15, 0.2) is 22.8 Å². The van der Waals surface area contributed by atoms with Crippen LogP contribution in [0, 0.1) is 13.8 Å². The summed E-state index contributed by atoms with van der Waals surface area (Å²) in [7, 11) is 0. The van der Waals surface area contributed by atoms with Gasteiger partial charge in [-0.3, -0.25) is 0 Å². The van der Waals surface area contributed by atoms with E-state index in [9.17, 15) is 5.11 Å². The van der Waals surface area contributed by atoms with E-state index in [4.69, 9.17) is 4.42 Å². The van der Waals surface area contributed by atoms with Crippen molar-refractivity contribution in [3.63, 3.8) is 0 Å². The summed E-state index contributed by atoms with van der Waals surface area (Å²) in [4.78, 5) is 0. The van der Waals surface area contributed by atoms with Gasteiger partial charge in [-0.15, -0.1) is 0 Å². The number of aliphatic hydroxyl groups is 1. The van der Waals surface area contributed by atoms with Crippen molar-refractivity contribution < 1.29 is 9.52 Å². The highest BCUT2D eigenvalue weighted by molar-refractivity contribution is 5.72. The van der Waals surface area contributed by atoms with Gasteiger partial charge in [-0.05, 0) is 42.7 Å². The second-order valence-electron chi connectivity index (χ2n) is 3.24. The van der Waals surface area contributed by atoms with Crippen LogP contribution < -0.4 is 0 Å². The SMILES string of the molecule is Cc1c2occcc-2c(CO)c1C. The molecule has 1 aliphatic heterocycles. The molecule has 2 aliphatic rings. The van der Waals surface area contributed by atoms with Crippen LogP contribution in [-0.4, -0.2) is 5.11 Å². The summed E-state index contributed by atoms with van der Waals surface area (Å²) in [5.74, 6) is 0.893. The van der Waals surface area contributed by atoms with Crippen LogP contribution in [0.4, 0.5) is 0 Å². The number of rotatable bonds is 1. The first kappa shape index (κ1) is 8.32. The van der Waals surface area contributed by atoms with Crippen LogP contribution >= 0.6 is 0 Å². The molecule has 2 rings (SSSR count). The lowest BCUT2D eigenvalue weighted by molar-refractivity contribution is 0.282. The van der Waals surface area contributed by atoms with Gasteiger partial charge in [0.15, 0.2) is 0 Å². The standard InChI is InChI=1S/C11H12O2/c1-7-8(2)11-9(10(7)6-12)4-3-5-13-11/h3-5,12H,6H2,1-2H3. The molecule has 0 spiro atoms. The molecule has 0 aromatic rings. The Morgan fingerprint density at radius 2 is 2.08 bits per heavy atom. The Balaban J connectivity index is 2.80. The first-order chi connectivity index (χ1) is 6.25. The summed E-state index contributed by atoms with van der Waals surface area (Å²) >= 11 is 0. The summed E-state index contributed by atoms with van der Waals surface area (Å²) in [5, 5.41) is 9.19. The average Bonchev–Trinajstić information content (AvgIpc) is 2.41. The second-order valence-corrected chi connectivity index (χ2v) is 3.24. The predicted molar refractivity (Wildman–Crippen MR) is 50.7 cm³/mol. The molecule has 0 saturated carbocycles. The Morgan fingerprint density at radius 1 is 1.31 bits per heavy atom. The Labute approximate surface area is 77.2 Å². The van der Waals surface area contributed by atoms with E-state index in [1.807, 2.05) is 26.0 Å². The lowest BCUT2D eigenvalue weighted by Gasteiger charge is -1.99. The van der Waals surface area contributed by atoms with E-state index in [2.05, 4.69) is 0 Å². The van der Waals surface area contributed by atoms with Crippen molar-refractivity contribution in [2.75, 3.05) is 0 Å². The zero-order valence-corrected chi connectivity index (χ0v) is 7.79. The van der Waals surface area contributed by atoms with Gasteiger partial charge in [0.25, 0.3) is 0 Å². The number of fused-ring (bicyclic) bond motifs is 1. The van der Waals surface area contributed by atoms with E-state index in [0.717, 1.165) is 28.0 Å². The third-order valence-electron chi connectivity index (χ3n) is 2.61. The summed E-state index contributed by atoms with van der Waals surface area (Å²) < 4.78 is 5.39. The zero-order chi connectivity index (χ0) is 9.42. The number of hydrogen-bond donors (Lipinski definition) is 1. The maximum absolute atomic E-state index is 9.19. The normalized spacial score (nSPS) is 11.0. The largest absolute Gasteiger partial charge is 0.464 e. The van der Waals surface area contributed by atoms with Gasteiger partial charge < -0.3 is 9.52 Å². The minimum atomic E-state index is 0.0791. The Morgan fingerprint density at radius 3 is 2.77 bits per heavy atom. The van der Waals surface area contributed by atoms with E-state index in [1.165, 1.54) is 0 Å². The molecule has 0 unspecified atom stereocenters. The molecule has 0 amide bonds. The van der Waals surface area contributed by atoms with Crippen molar-refractivity contribution in [3.05, 3.63) is 35.1 Å². The van der Waals surface area contributed by atoms with Crippen molar-refractivity contribution in [3.8, 4) is 11.3 Å². The van der Waals surface area contributed by atoms with Crippen LogP contribution in [0.25, 0.3) is 11.3 Å². The predicted octanol–water partition coefficient (Wildman–Crippen LogP) is 2.49. The topological polar surface area (TPSA) is 33.4 Å². The molecule has 1 heterocycles. The Kier molecular flexibility index (Phi) is 1.85. The van der Waals surface area contributed by atoms with Gasteiger partial charge in [0, 0.05) is 5.56 Å². The smallest absolute Gasteiger partial charge is 0.137 e. The van der Waals surface area contributed by atoms with Gasteiger partial charge in [-0.25, -0.2) is 0 Å². The molecule has 0 atom stereocenters. The lowest BCUT2D eigenvalue weighted by atomic mass is 10.1. The fourth-order valence-corrected chi connectivity index (χ4v) is 1.71. The molecular formula is C11H12O2. The molecule has 0 aromatic carbocycles. The lowest BCUT2D eigenvalue weighted by Crippen LogP contribution is -1.84. The molecule has 2 heteroatoms. The maximum Gasteiger partial charge on any atom is 0.137 e. The van der Waals surface area contributed by atoms with Crippen molar-refractivity contribution in [2.45, 2.75) is 20.5 Å². The molecule has 1 N–H and O–H groups in total. The summed E-state index contributed by atoms with van der Waals surface area (Å²) in [6.45, 7) is 4.10. The molecule has 0 aromatic heterocycles. The van der Waals surface area contributed by atoms with E-state index >= 15 is 0 Å². The first-order valence-electron chi connectivity index (χ1n) is 4.31. The minimum Gasteiger partial charge on any atom is -0.464 e. The molecule has 0 radical (unpaired) electrons. The number of hydrogen-bond acceptors (Lipinski definition) is 2. The van der Waals surface area contributed by atoms with Crippen molar-refractivity contribution >= 4 is 0 Å². The first-order valence-corrected chi connectivity index (χ1v) is 4.31. The van der Waals surface area contributed by atoms with Gasteiger partial charge in [-0.2, -0.15) is 0 Å².